The van der Waals surface area contributed by atoms with Gasteiger partial charge in [-0.05, 0) is 62.5 Å². The third-order valence-corrected chi connectivity index (χ3v) is 5.73. The van der Waals surface area contributed by atoms with Crippen LogP contribution in [0, 0.1) is 0 Å². The summed E-state index contributed by atoms with van der Waals surface area (Å²) in [7, 11) is 1.81. The van der Waals surface area contributed by atoms with E-state index in [4.69, 9.17) is 11.6 Å². The molecule has 1 unspecified atom stereocenters. The largest absolute Gasteiger partial charge is 0.335 e. The van der Waals surface area contributed by atoms with E-state index in [0.717, 1.165) is 13.1 Å². The zero-order valence-corrected chi connectivity index (χ0v) is 15.6. The van der Waals surface area contributed by atoms with Gasteiger partial charge in [0.15, 0.2) is 0 Å². The molecule has 2 rings (SSSR count). The zero-order chi connectivity index (χ0) is 14.9. The molecule has 1 aromatic carbocycles. The number of nitrogens with zero attached hydrogens (tertiary/aromatic N) is 1. The summed E-state index contributed by atoms with van der Waals surface area (Å²) in [6.45, 7) is 2.00. The van der Waals surface area contributed by atoms with E-state index < -0.39 is 0 Å². The van der Waals surface area contributed by atoms with Crippen molar-refractivity contribution >= 4 is 60.7 Å². The van der Waals surface area contributed by atoms with Gasteiger partial charge in [0.05, 0.1) is 19.2 Å². The molecule has 0 N–H and O–H groups in total. The summed E-state index contributed by atoms with van der Waals surface area (Å²) in [5.74, 6) is -0.0127. The van der Waals surface area contributed by atoms with Gasteiger partial charge in [-0.2, -0.15) is 0 Å². The lowest BCUT2D eigenvalue weighted by atomic mass is 10.1. The van der Waals surface area contributed by atoms with Crippen molar-refractivity contribution in [2.75, 3.05) is 7.05 Å². The molecule has 1 aromatic heterocycles. The molecule has 106 valence electrons. The number of rotatable bonds is 3. The highest BCUT2D eigenvalue weighted by molar-refractivity contribution is 9.12. The SMILES string of the molecule is CC(c1ccc(Cl)cc1)N(C)C(=O)c1cc(Br)sc1Br. The number of carbonyl (C=O) groups is 1. The molecule has 6 heteroatoms. The van der Waals surface area contributed by atoms with E-state index in [1.807, 2.05) is 37.3 Å². The van der Waals surface area contributed by atoms with Gasteiger partial charge in [-0.25, -0.2) is 0 Å². The molecule has 1 amide bonds. The van der Waals surface area contributed by atoms with Gasteiger partial charge in [0, 0.05) is 12.1 Å². The fourth-order valence-corrected chi connectivity index (χ4v) is 4.72. The van der Waals surface area contributed by atoms with Crippen LogP contribution in [0.3, 0.4) is 0 Å². The second-order valence-electron chi connectivity index (χ2n) is 4.38. The van der Waals surface area contributed by atoms with Crippen molar-refractivity contribution in [3.63, 3.8) is 0 Å². The molecule has 1 atom stereocenters. The molecule has 0 spiro atoms. The van der Waals surface area contributed by atoms with Crippen LogP contribution in [-0.4, -0.2) is 17.9 Å². The van der Waals surface area contributed by atoms with Crippen molar-refractivity contribution in [2.24, 2.45) is 0 Å². The van der Waals surface area contributed by atoms with Gasteiger partial charge in [-0.15, -0.1) is 11.3 Å². The van der Waals surface area contributed by atoms with Crippen LogP contribution >= 0.6 is 54.8 Å². The van der Waals surface area contributed by atoms with E-state index in [1.54, 1.807) is 11.9 Å². The van der Waals surface area contributed by atoms with Crippen molar-refractivity contribution in [3.05, 3.63) is 54.1 Å². The quantitative estimate of drug-likeness (QED) is 0.598. The Bertz CT molecular complexity index is 627. The summed E-state index contributed by atoms with van der Waals surface area (Å²) in [6, 6.07) is 9.36. The van der Waals surface area contributed by atoms with Crippen LogP contribution in [-0.2, 0) is 0 Å². The monoisotopic (exact) mass is 435 g/mol. The van der Waals surface area contributed by atoms with E-state index in [0.29, 0.717) is 10.6 Å². The third kappa shape index (κ3) is 3.45. The topological polar surface area (TPSA) is 20.3 Å². The first-order valence-corrected chi connectivity index (χ1v) is 8.65. The fraction of sp³-hybridized carbons (Fsp3) is 0.214. The lowest BCUT2D eigenvalue weighted by molar-refractivity contribution is 0.0742. The van der Waals surface area contributed by atoms with E-state index in [1.165, 1.54) is 11.3 Å². The predicted octanol–water partition coefficient (Wildman–Crippen LogP) is 5.76. The Balaban J connectivity index is 2.22. The number of benzene rings is 1. The summed E-state index contributed by atoms with van der Waals surface area (Å²) >= 11 is 14.2. The molecule has 0 saturated carbocycles. The number of thiophene rings is 1. The van der Waals surface area contributed by atoms with Gasteiger partial charge in [0.1, 0.15) is 0 Å². The summed E-state index contributed by atoms with van der Waals surface area (Å²) in [6.07, 6.45) is 0. The summed E-state index contributed by atoms with van der Waals surface area (Å²) in [4.78, 5) is 14.2. The molecule has 0 aliphatic heterocycles. The molecular formula is C14H12Br2ClNOS. The molecule has 0 fully saturated rings. The maximum absolute atomic E-state index is 12.5. The van der Waals surface area contributed by atoms with Crippen LogP contribution in [0.1, 0.15) is 28.9 Å². The highest BCUT2D eigenvalue weighted by Crippen LogP contribution is 2.33. The Kier molecular flexibility index (Phi) is 5.29. The number of halogens is 3. The van der Waals surface area contributed by atoms with Crippen molar-refractivity contribution < 1.29 is 4.79 Å². The van der Waals surface area contributed by atoms with Crippen molar-refractivity contribution in [1.29, 1.82) is 0 Å². The normalized spacial score (nSPS) is 12.2. The molecule has 0 bridgehead atoms. The molecule has 0 aliphatic rings. The Hall–Kier alpha value is -0.360. The molecule has 0 saturated heterocycles. The fourth-order valence-electron chi connectivity index (χ4n) is 1.82. The average Bonchev–Trinajstić information content (AvgIpc) is 2.76. The lowest BCUT2D eigenvalue weighted by Crippen LogP contribution is -2.29. The maximum Gasteiger partial charge on any atom is 0.256 e. The summed E-state index contributed by atoms with van der Waals surface area (Å²) < 4.78 is 1.77. The highest BCUT2D eigenvalue weighted by Gasteiger charge is 2.22. The Morgan fingerprint density at radius 1 is 1.30 bits per heavy atom. The van der Waals surface area contributed by atoms with Crippen LogP contribution in [0.25, 0.3) is 0 Å². The predicted molar refractivity (Wildman–Crippen MR) is 91.7 cm³/mol. The third-order valence-electron chi connectivity index (χ3n) is 3.14. The number of carbonyl (C=O) groups excluding carboxylic acids is 1. The summed E-state index contributed by atoms with van der Waals surface area (Å²) in [5.41, 5.74) is 1.72. The van der Waals surface area contributed by atoms with Gasteiger partial charge in [0.25, 0.3) is 5.91 Å². The van der Waals surface area contributed by atoms with E-state index >= 15 is 0 Å². The van der Waals surface area contributed by atoms with Gasteiger partial charge < -0.3 is 4.90 Å². The number of hydrogen-bond donors (Lipinski definition) is 0. The molecule has 0 aliphatic carbocycles. The van der Waals surface area contributed by atoms with Crippen LogP contribution < -0.4 is 0 Å². The second-order valence-corrected chi connectivity index (χ2v) is 8.57. The van der Waals surface area contributed by atoms with Crippen LogP contribution in [0.2, 0.25) is 5.02 Å². The van der Waals surface area contributed by atoms with E-state index in [9.17, 15) is 4.79 Å². The molecule has 1 heterocycles. The maximum atomic E-state index is 12.5. The van der Waals surface area contributed by atoms with E-state index in [2.05, 4.69) is 31.9 Å². The number of amides is 1. The molecule has 0 radical (unpaired) electrons. The van der Waals surface area contributed by atoms with Crippen molar-refractivity contribution in [2.45, 2.75) is 13.0 Å². The Labute approximate surface area is 144 Å². The van der Waals surface area contributed by atoms with Crippen molar-refractivity contribution in [1.82, 2.24) is 4.90 Å². The van der Waals surface area contributed by atoms with Crippen LogP contribution in [0.5, 0.6) is 0 Å². The van der Waals surface area contributed by atoms with Gasteiger partial charge in [0.2, 0.25) is 0 Å². The minimum atomic E-state index is -0.0228. The first-order valence-electron chi connectivity index (χ1n) is 5.87. The minimum absolute atomic E-state index is 0.0127. The Morgan fingerprint density at radius 3 is 2.40 bits per heavy atom. The number of hydrogen-bond acceptors (Lipinski definition) is 2. The van der Waals surface area contributed by atoms with Crippen molar-refractivity contribution in [3.8, 4) is 0 Å². The summed E-state index contributed by atoms with van der Waals surface area (Å²) in [5, 5.41) is 0.694. The van der Waals surface area contributed by atoms with E-state index in [-0.39, 0.29) is 11.9 Å². The molecule has 2 aromatic rings. The standard InChI is InChI=1S/C14H12Br2ClNOS/c1-8(9-3-5-10(17)6-4-9)18(2)14(19)11-7-12(15)20-13(11)16/h3-8H,1-2H3. The zero-order valence-electron chi connectivity index (χ0n) is 10.9. The van der Waals surface area contributed by atoms with Gasteiger partial charge in [-0.1, -0.05) is 23.7 Å². The molecular weight excluding hydrogens is 425 g/mol. The van der Waals surface area contributed by atoms with Crippen LogP contribution in [0.4, 0.5) is 0 Å². The lowest BCUT2D eigenvalue weighted by Gasteiger charge is -2.25. The second kappa shape index (κ2) is 6.60. The first-order chi connectivity index (χ1) is 9.40. The molecule has 20 heavy (non-hydrogen) atoms. The smallest absolute Gasteiger partial charge is 0.256 e. The highest BCUT2D eigenvalue weighted by atomic mass is 79.9. The minimum Gasteiger partial charge on any atom is -0.335 e. The van der Waals surface area contributed by atoms with Gasteiger partial charge >= 0.3 is 0 Å². The average molecular weight is 438 g/mol. The van der Waals surface area contributed by atoms with Gasteiger partial charge in [-0.3, -0.25) is 4.79 Å². The molecule has 2 nitrogen and oxygen atoms in total. The first kappa shape index (κ1) is 16.0. The van der Waals surface area contributed by atoms with Crippen LogP contribution in [0.15, 0.2) is 37.9 Å². The Morgan fingerprint density at radius 2 is 1.90 bits per heavy atom.